The molecule has 0 aromatic heterocycles. The van der Waals surface area contributed by atoms with Crippen LogP contribution in [0.2, 0.25) is 0 Å². The highest BCUT2D eigenvalue weighted by molar-refractivity contribution is 5.85. The fourth-order valence-corrected chi connectivity index (χ4v) is 2.24. The maximum atomic E-state index is 13.3. The first-order valence-electron chi connectivity index (χ1n) is 6.93. The Hall–Kier alpha value is -1.33. The molecule has 6 heteroatoms. The van der Waals surface area contributed by atoms with Crippen LogP contribution in [0.1, 0.15) is 26.2 Å². The van der Waals surface area contributed by atoms with E-state index in [0.29, 0.717) is 12.5 Å². The van der Waals surface area contributed by atoms with Gasteiger partial charge in [0.2, 0.25) is 5.91 Å². The second kappa shape index (κ2) is 7.61. The molecule has 0 bridgehead atoms. The molecule has 0 aliphatic heterocycles. The van der Waals surface area contributed by atoms with Crippen molar-refractivity contribution in [3.05, 3.63) is 30.1 Å². The molecular formula is C15H22ClFN2O2. The van der Waals surface area contributed by atoms with E-state index in [0.717, 1.165) is 12.8 Å². The van der Waals surface area contributed by atoms with Gasteiger partial charge < -0.3 is 15.8 Å². The predicted octanol–water partition coefficient (Wildman–Crippen LogP) is 2.26. The number of carbonyl (C=O) groups excluding carboxylic acids is 1. The number of para-hydroxylation sites is 1. The Labute approximate surface area is 130 Å². The lowest BCUT2D eigenvalue weighted by Gasteiger charge is -2.29. The molecule has 118 valence electrons. The summed E-state index contributed by atoms with van der Waals surface area (Å²) in [7, 11) is 0. The number of rotatable bonds is 7. The summed E-state index contributed by atoms with van der Waals surface area (Å²) in [4.78, 5) is 11.9. The molecule has 1 aliphatic carbocycles. The highest BCUT2D eigenvalue weighted by atomic mass is 35.5. The van der Waals surface area contributed by atoms with Crippen molar-refractivity contribution >= 4 is 18.3 Å². The molecule has 0 radical (unpaired) electrons. The number of hydrogen-bond donors (Lipinski definition) is 2. The van der Waals surface area contributed by atoms with E-state index in [-0.39, 0.29) is 42.6 Å². The normalized spacial score (nSPS) is 16.5. The smallest absolute Gasteiger partial charge is 0.223 e. The number of amides is 1. The van der Waals surface area contributed by atoms with Crippen molar-refractivity contribution in [2.75, 3.05) is 13.2 Å². The van der Waals surface area contributed by atoms with Gasteiger partial charge in [0.05, 0.1) is 18.6 Å². The summed E-state index contributed by atoms with van der Waals surface area (Å²) in [5.41, 5.74) is 5.42. The lowest BCUT2D eigenvalue weighted by Crippen LogP contribution is -2.53. The Bertz CT molecular complexity index is 482. The zero-order chi connectivity index (χ0) is 14.6. The first-order valence-corrected chi connectivity index (χ1v) is 6.93. The number of carbonyl (C=O) groups is 1. The van der Waals surface area contributed by atoms with Crippen LogP contribution in [0.4, 0.5) is 4.39 Å². The third-order valence-corrected chi connectivity index (χ3v) is 3.75. The van der Waals surface area contributed by atoms with E-state index in [4.69, 9.17) is 10.5 Å². The number of ether oxygens (including phenoxy) is 1. The van der Waals surface area contributed by atoms with Crippen LogP contribution in [0.25, 0.3) is 0 Å². The molecular weight excluding hydrogens is 295 g/mol. The zero-order valence-electron chi connectivity index (χ0n) is 12.1. The summed E-state index contributed by atoms with van der Waals surface area (Å²) in [6.45, 7) is 2.55. The van der Waals surface area contributed by atoms with Crippen molar-refractivity contribution in [3.63, 3.8) is 0 Å². The minimum absolute atomic E-state index is 0. The summed E-state index contributed by atoms with van der Waals surface area (Å²) in [6.07, 6.45) is 2.41. The van der Waals surface area contributed by atoms with E-state index in [1.54, 1.807) is 18.2 Å². The summed E-state index contributed by atoms with van der Waals surface area (Å²) in [6, 6.07) is 6.16. The third kappa shape index (κ3) is 4.86. The van der Waals surface area contributed by atoms with Gasteiger partial charge in [-0.15, -0.1) is 12.4 Å². The van der Waals surface area contributed by atoms with Crippen molar-refractivity contribution in [1.82, 2.24) is 5.32 Å². The number of nitrogens with one attached hydrogen (secondary N) is 1. The average Bonchev–Trinajstić information content (AvgIpc) is 3.25. The van der Waals surface area contributed by atoms with Crippen molar-refractivity contribution in [2.45, 2.75) is 31.7 Å². The topological polar surface area (TPSA) is 64.3 Å². The van der Waals surface area contributed by atoms with Gasteiger partial charge in [-0.05, 0) is 37.8 Å². The van der Waals surface area contributed by atoms with Gasteiger partial charge in [0.25, 0.3) is 0 Å². The van der Waals surface area contributed by atoms with Crippen molar-refractivity contribution in [3.8, 4) is 5.75 Å². The van der Waals surface area contributed by atoms with Crippen molar-refractivity contribution in [1.29, 1.82) is 0 Å². The summed E-state index contributed by atoms with van der Waals surface area (Å²) in [5, 5.41) is 2.97. The number of benzene rings is 1. The molecule has 2 rings (SSSR count). The van der Waals surface area contributed by atoms with E-state index >= 15 is 0 Å². The molecule has 3 N–H and O–H groups in total. The molecule has 21 heavy (non-hydrogen) atoms. The van der Waals surface area contributed by atoms with Gasteiger partial charge in [-0.1, -0.05) is 12.1 Å². The number of hydrogen-bond acceptors (Lipinski definition) is 3. The van der Waals surface area contributed by atoms with Gasteiger partial charge in [0.1, 0.15) is 0 Å². The maximum Gasteiger partial charge on any atom is 0.223 e. The van der Waals surface area contributed by atoms with Crippen LogP contribution < -0.4 is 15.8 Å². The van der Waals surface area contributed by atoms with Crippen molar-refractivity contribution in [2.24, 2.45) is 11.7 Å². The van der Waals surface area contributed by atoms with E-state index < -0.39 is 5.82 Å². The molecule has 1 unspecified atom stereocenters. The molecule has 0 spiro atoms. The fraction of sp³-hybridized carbons (Fsp3) is 0.533. The standard InChI is InChI=1S/C15H21FN2O2.ClH/c1-15(10-17,11-6-7-11)18-14(19)8-9-20-13-5-3-2-4-12(13)16;/h2-5,11H,6-10,17H2,1H3,(H,18,19);1H. The molecule has 1 aromatic rings. The Morgan fingerprint density at radius 3 is 2.71 bits per heavy atom. The van der Waals surface area contributed by atoms with E-state index in [1.165, 1.54) is 6.07 Å². The van der Waals surface area contributed by atoms with E-state index in [2.05, 4.69) is 5.32 Å². The molecule has 4 nitrogen and oxygen atoms in total. The average molecular weight is 317 g/mol. The van der Waals surface area contributed by atoms with Crippen molar-refractivity contribution < 1.29 is 13.9 Å². The molecule has 1 aromatic carbocycles. The highest BCUT2D eigenvalue weighted by Crippen LogP contribution is 2.38. The molecule has 1 fully saturated rings. The summed E-state index contributed by atoms with van der Waals surface area (Å²) < 4.78 is 18.6. The van der Waals surface area contributed by atoms with Gasteiger partial charge in [-0.3, -0.25) is 4.79 Å². The summed E-state index contributed by atoms with van der Waals surface area (Å²) in [5.74, 6) is 0.117. The maximum absolute atomic E-state index is 13.3. The van der Waals surface area contributed by atoms with Gasteiger partial charge in [-0.25, -0.2) is 4.39 Å². The molecule has 1 atom stereocenters. The highest BCUT2D eigenvalue weighted by Gasteiger charge is 2.41. The van der Waals surface area contributed by atoms with Crippen LogP contribution in [0.3, 0.4) is 0 Å². The lowest BCUT2D eigenvalue weighted by atomic mass is 9.96. The van der Waals surface area contributed by atoms with Crippen LogP contribution in [0.15, 0.2) is 24.3 Å². The Morgan fingerprint density at radius 1 is 1.48 bits per heavy atom. The Balaban J connectivity index is 0.00000220. The third-order valence-electron chi connectivity index (χ3n) is 3.75. The van der Waals surface area contributed by atoms with Crippen LogP contribution >= 0.6 is 12.4 Å². The first kappa shape index (κ1) is 17.7. The number of nitrogens with two attached hydrogens (primary N) is 1. The largest absolute Gasteiger partial charge is 0.490 e. The summed E-state index contributed by atoms with van der Waals surface area (Å²) >= 11 is 0. The lowest BCUT2D eigenvalue weighted by molar-refractivity contribution is -0.123. The quantitative estimate of drug-likeness (QED) is 0.811. The Morgan fingerprint density at radius 2 is 2.14 bits per heavy atom. The first-order chi connectivity index (χ1) is 9.55. The van der Waals surface area contributed by atoms with Crippen LogP contribution in [0.5, 0.6) is 5.75 Å². The SMILES string of the molecule is CC(CN)(NC(=O)CCOc1ccccc1F)C1CC1.Cl. The second-order valence-electron chi connectivity index (χ2n) is 5.47. The molecule has 0 heterocycles. The predicted molar refractivity (Wildman–Crippen MR) is 82.1 cm³/mol. The van der Waals surface area contributed by atoms with Gasteiger partial charge in [0, 0.05) is 6.54 Å². The molecule has 1 saturated carbocycles. The van der Waals surface area contributed by atoms with E-state index in [1.807, 2.05) is 6.92 Å². The number of halogens is 2. The second-order valence-corrected chi connectivity index (χ2v) is 5.47. The van der Waals surface area contributed by atoms with Gasteiger partial charge in [-0.2, -0.15) is 0 Å². The minimum Gasteiger partial charge on any atom is -0.490 e. The monoisotopic (exact) mass is 316 g/mol. The zero-order valence-corrected chi connectivity index (χ0v) is 12.9. The van der Waals surface area contributed by atoms with Crippen LogP contribution in [0, 0.1) is 11.7 Å². The van der Waals surface area contributed by atoms with Gasteiger partial charge in [0.15, 0.2) is 11.6 Å². The Kier molecular flexibility index (Phi) is 6.42. The minimum atomic E-state index is -0.419. The van der Waals surface area contributed by atoms with Crippen LogP contribution in [-0.4, -0.2) is 24.6 Å². The van der Waals surface area contributed by atoms with Gasteiger partial charge >= 0.3 is 0 Å². The van der Waals surface area contributed by atoms with Crippen LogP contribution in [-0.2, 0) is 4.79 Å². The van der Waals surface area contributed by atoms with E-state index in [9.17, 15) is 9.18 Å². The molecule has 0 saturated heterocycles. The fourth-order valence-electron chi connectivity index (χ4n) is 2.24. The molecule has 1 aliphatic rings. The molecule has 1 amide bonds.